The van der Waals surface area contributed by atoms with Crippen molar-refractivity contribution in [2.75, 3.05) is 81.1 Å². The van der Waals surface area contributed by atoms with E-state index in [1.165, 1.54) is 149 Å². The van der Waals surface area contributed by atoms with Crippen LogP contribution in [0.1, 0.15) is 96.8 Å². The van der Waals surface area contributed by atoms with Crippen LogP contribution in [0.5, 0.6) is 0 Å². The van der Waals surface area contributed by atoms with Crippen molar-refractivity contribution < 1.29 is 13.4 Å². The van der Waals surface area contributed by atoms with Crippen LogP contribution in [0.3, 0.4) is 0 Å². The first kappa shape index (κ1) is 27.9. The Labute approximate surface area is 191 Å². The molecule has 180 valence electrons. The minimum atomic E-state index is 1.19. The summed E-state index contributed by atoms with van der Waals surface area (Å²) in [5, 5.41) is 0. The zero-order valence-corrected chi connectivity index (χ0v) is 22.2. The molecule has 0 amide bonds. The quantitative estimate of drug-likeness (QED) is 0.220. The molecule has 0 atom stereocenters. The Morgan fingerprint density at radius 1 is 0.400 bits per heavy atom. The van der Waals surface area contributed by atoms with Gasteiger partial charge in [-0.05, 0) is 12.8 Å². The molecule has 0 N–H and O–H groups in total. The van der Waals surface area contributed by atoms with Crippen LogP contribution in [0.4, 0.5) is 0 Å². The third-order valence-corrected chi connectivity index (χ3v) is 7.85. The summed E-state index contributed by atoms with van der Waals surface area (Å²) >= 11 is 0. The van der Waals surface area contributed by atoms with Crippen LogP contribution in [0.2, 0.25) is 0 Å². The fourth-order valence-corrected chi connectivity index (χ4v) is 4.81. The highest BCUT2D eigenvalue weighted by molar-refractivity contribution is 4.51. The Kier molecular flexibility index (Phi) is 13.8. The summed E-state index contributed by atoms with van der Waals surface area (Å²) in [6.07, 6.45) is 20.4. The zero-order valence-electron chi connectivity index (χ0n) is 22.2. The second-order valence-electron chi connectivity index (χ2n) is 12.2. The van der Waals surface area contributed by atoms with E-state index in [9.17, 15) is 0 Å². The van der Waals surface area contributed by atoms with Crippen molar-refractivity contribution in [1.29, 1.82) is 0 Å². The third-order valence-electron chi connectivity index (χ3n) is 7.85. The minimum absolute atomic E-state index is 1.19. The van der Waals surface area contributed by atoms with Gasteiger partial charge in [0.05, 0.1) is 41.8 Å². The first-order chi connectivity index (χ1) is 14.2. The van der Waals surface area contributed by atoms with Crippen LogP contribution in [-0.2, 0) is 0 Å². The standard InChI is InChI=1S/C27H60N3/c1-7-8-9-10-11-12-13-14-15-16-17-18-19-20-21-30(6)26-24-28(2,3)22-23-29(4,5)25-27-30/h7-27H2,1-6H3/q+3. The molecule has 30 heavy (non-hydrogen) atoms. The van der Waals surface area contributed by atoms with Crippen molar-refractivity contribution in [1.82, 2.24) is 0 Å². The lowest BCUT2D eigenvalue weighted by molar-refractivity contribution is -0.955. The second kappa shape index (κ2) is 14.9. The van der Waals surface area contributed by atoms with E-state index in [0.717, 1.165) is 0 Å². The van der Waals surface area contributed by atoms with Crippen molar-refractivity contribution in [2.24, 2.45) is 0 Å². The zero-order chi connectivity index (χ0) is 22.3. The van der Waals surface area contributed by atoms with Gasteiger partial charge in [0, 0.05) is 0 Å². The molecule has 1 fully saturated rings. The molecule has 1 rings (SSSR count). The number of nitrogens with zero attached hydrogens (tertiary/aromatic N) is 3. The fraction of sp³-hybridized carbons (Fsp3) is 1.00. The first-order valence-electron chi connectivity index (χ1n) is 13.7. The Balaban J connectivity index is 2.09. The van der Waals surface area contributed by atoms with Crippen LogP contribution in [0.15, 0.2) is 0 Å². The monoisotopic (exact) mass is 426 g/mol. The molecule has 3 nitrogen and oxygen atoms in total. The van der Waals surface area contributed by atoms with Gasteiger partial charge in [-0.15, -0.1) is 0 Å². The van der Waals surface area contributed by atoms with Crippen LogP contribution in [-0.4, -0.2) is 94.5 Å². The molecular weight excluding hydrogens is 366 g/mol. The smallest absolute Gasteiger partial charge is 0.128 e. The average Bonchev–Trinajstić information content (AvgIpc) is 2.73. The Bertz CT molecular complexity index is 396. The summed E-state index contributed by atoms with van der Waals surface area (Å²) in [6, 6.07) is 0. The third kappa shape index (κ3) is 14.0. The van der Waals surface area contributed by atoms with Crippen LogP contribution < -0.4 is 0 Å². The SMILES string of the molecule is CCCCCCCCCCCCCCCC[N+]1(C)CC[N+](C)(C)CC[N+](C)(C)CC1. The number of quaternary nitrogens is 3. The summed E-state index contributed by atoms with van der Waals surface area (Å²) < 4.78 is 3.67. The number of hydrogen-bond acceptors (Lipinski definition) is 0. The van der Waals surface area contributed by atoms with Crippen molar-refractivity contribution >= 4 is 0 Å². The lowest BCUT2D eigenvalue weighted by atomic mass is 10.0. The summed E-state index contributed by atoms with van der Waals surface area (Å²) in [7, 11) is 12.3. The fourth-order valence-electron chi connectivity index (χ4n) is 4.81. The molecule has 0 saturated carbocycles. The molecule has 0 unspecified atom stereocenters. The van der Waals surface area contributed by atoms with Crippen LogP contribution in [0.25, 0.3) is 0 Å². The minimum Gasteiger partial charge on any atom is -0.319 e. The maximum absolute atomic E-state index is 2.54. The van der Waals surface area contributed by atoms with Crippen molar-refractivity contribution in [3.05, 3.63) is 0 Å². The lowest BCUT2D eigenvalue weighted by Crippen LogP contribution is -2.54. The second-order valence-corrected chi connectivity index (χ2v) is 12.2. The largest absolute Gasteiger partial charge is 0.319 e. The summed E-state index contributed by atoms with van der Waals surface area (Å²) in [5.41, 5.74) is 0. The van der Waals surface area contributed by atoms with E-state index in [-0.39, 0.29) is 0 Å². The molecule has 0 bridgehead atoms. The van der Waals surface area contributed by atoms with Gasteiger partial charge in [-0.25, -0.2) is 0 Å². The van der Waals surface area contributed by atoms with Crippen LogP contribution >= 0.6 is 0 Å². The number of likely N-dealkylation sites (N-methyl/N-ethyl adjacent to an activating group) is 3. The molecule has 0 aromatic heterocycles. The maximum Gasteiger partial charge on any atom is 0.128 e. The predicted molar refractivity (Wildman–Crippen MR) is 135 cm³/mol. The molecule has 0 radical (unpaired) electrons. The van der Waals surface area contributed by atoms with Gasteiger partial charge in [0.15, 0.2) is 0 Å². The van der Waals surface area contributed by atoms with Crippen molar-refractivity contribution in [2.45, 2.75) is 96.8 Å². The first-order valence-corrected chi connectivity index (χ1v) is 13.7. The highest BCUT2D eigenvalue weighted by Gasteiger charge is 2.33. The Morgan fingerprint density at radius 3 is 1.07 bits per heavy atom. The molecule has 3 heteroatoms. The number of hydrogen-bond donors (Lipinski definition) is 0. The van der Waals surface area contributed by atoms with E-state index in [4.69, 9.17) is 0 Å². The van der Waals surface area contributed by atoms with Crippen molar-refractivity contribution in [3.8, 4) is 0 Å². The predicted octanol–water partition coefficient (Wildman–Crippen LogP) is 6.08. The van der Waals surface area contributed by atoms with Crippen molar-refractivity contribution in [3.63, 3.8) is 0 Å². The Hall–Kier alpha value is -0.120. The normalized spacial score (nSPS) is 21.0. The lowest BCUT2D eigenvalue weighted by Gasteiger charge is -2.37. The highest BCUT2D eigenvalue weighted by atomic mass is 15.4. The average molecular weight is 427 g/mol. The van der Waals surface area contributed by atoms with Gasteiger partial charge in [0.1, 0.15) is 39.3 Å². The summed E-state index contributed by atoms with van der Waals surface area (Å²) in [5.74, 6) is 0. The molecule has 1 aliphatic heterocycles. The topological polar surface area (TPSA) is 0 Å². The van der Waals surface area contributed by atoms with Gasteiger partial charge < -0.3 is 13.4 Å². The molecule has 1 heterocycles. The molecule has 1 aliphatic rings. The summed E-state index contributed by atoms with van der Waals surface area (Å²) in [4.78, 5) is 0. The van der Waals surface area contributed by atoms with E-state index in [0.29, 0.717) is 0 Å². The van der Waals surface area contributed by atoms with Gasteiger partial charge in [-0.1, -0.05) is 84.0 Å². The van der Waals surface area contributed by atoms with E-state index < -0.39 is 0 Å². The molecule has 0 aromatic rings. The molecule has 1 saturated heterocycles. The van der Waals surface area contributed by atoms with Gasteiger partial charge >= 0.3 is 0 Å². The van der Waals surface area contributed by atoms with Crippen LogP contribution in [0, 0.1) is 0 Å². The molecule has 0 aliphatic carbocycles. The molecular formula is C27H60N3+3. The van der Waals surface area contributed by atoms with E-state index in [1.54, 1.807) is 0 Å². The molecule has 0 aromatic carbocycles. The maximum atomic E-state index is 2.54. The number of unbranched alkanes of at least 4 members (excludes halogenated alkanes) is 13. The van der Waals surface area contributed by atoms with Gasteiger partial charge in [-0.2, -0.15) is 0 Å². The van der Waals surface area contributed by atoms with E-state index in [2.05, 4.69) is 42.2 Å². The van der Waals surface area contributed by atoms with Gasteiger partial charge in [0.2, 0.25) is 0 Å². The van der Waals surface area contributed by atoms with E-state index in [1.807, 2.05) is 0 Å². The Morgan fingerprint density at radius 2 is 0.700 bits per heavy atom. The highest BCUT2D eigenvalue weighted by Crippen LogP contribution is 2.16. The summed E-state index contributed by atoms with van der Waals surface area (Å²) in [6.45, 7) is 11.7. The van der Waals surface area contributed by atoms with E-state index >= 15 is 0 Å². The van der Waals surface area contributed by atoms with Gasteiger partial charge in [-0.3, -0.25) is 0 Å². The molecule has 0 spiro atoms. The van der Waals surface area contributed by atoms with Gasteiger partial charge in [0.25, 0.3) is 0 Å². The number of rotatable bonds is 15.